The van der Waals surface area contributed by atoms with Crippen molar-refractivity contribution in [2.75, 3.05) is 18.9 Å². The Bertz CT molecular complexity index is 1850. The quantitative estimate of drug-likeness (QED) is 0.122. The number of rotatable bonds is 5. The molecule has 244 valence electrons. The van der Waals surface area contributed by atoms with Crippen LogP contribution in [-0.2, 0) is 16.6 Å². The number of phenols is 1. The second-order valence-corrected chi connectivity index (χ2v) is 13.9. The van der Waals surface area contributed by atoms with Crippen LogP contribution in [0.3, 0.4) is 0 Å². The number of fused-ring (bicyclic) bond motifs is 1. The average molecular weight is 654 g/mol. The van der Waals surface area contributed by atoms with Gasteiger partial charge in [0.25, 0.3) is 5.91 Å². The number of hydrogen-bond donors (Lipinski definition) is 3. The van der Waals surface area contributed by atoms with E-state index in [1.54, 1.807) is 42.5 Å². The number of nitrogens with two attached hydrogens (primary N) is 1. The molecule has 2 fully saturated rings. The minimum Gasteiger partial charge on any atom is -0.508 e. The van der Waals surface area contributed by atoms with Crippen LogP contribution in [0.25, 0.3) is 5.57 Å². The number of halogens is 1. The lowest BCUT2D eigenvalue weighted by molar-refractivity contribution is -0.134. The van der Waals surface area contributed by atoms with Gasteiger partial charge in [0, 0.05) is 58.2 Å². The lowest BCUT2D eigenvalue weighted by atomic mass is 9.36. The fourth-order valence-corrected chi connectivity index (χ4v) is 9.07. The van der Waals surface area contributed by atoms with Crippen molar-refractivity contribution < 1.29 is 24.2 Å². The Kier molecular flexibility index (Phi) is 7.54. The Morgan fingerprint density at radius 1 is 1.19 bits per heavy atom. The summed E-state index contributed by atoms with van der Waals surface area (Å²) in [5.74, 6) is 1.05. The molecule has 0 radical (unpaired) electrons. The van der Waals surface area contributed by atoms with Gasteiger partial charge in [-0.3, -0.25) is 9.59 Å². The molecule has 1 amide bonds. The number of benzene rings is 3. The molecule has 2 heterocycles. The lowest BCUT2D eigenvalue weighted by Gasteiger charge is -2.68. The predicted molar refractivity (Wildman–Crippen MR) is 183 cm³/mol. The van der Waals surface area contributed by atoms with Gasteiger partial charge in [0.2, 0.25) is 0 Å². The van der Waals surface area contributed by atoms with Crippen molar-refractivity contribution in [3.63, 3.8) is 0 Å². The molecule has 9 heteroatoms. The molecule has 1 saturated heterocycles. The molecular formula is C38H40ClN3O5. The average Bonchev–Trinajstić information content (AvgIpc) is 3.38. The highest BCUT2D eigenvalue weighted by Crippen LogP contribution is 2.76. The van der Waals surface area contributed by atoms with Gasteiger partial charge in [-0.2, -0.15) is 0 Å². The number of carbonyl (C=O) groups is 2. The number of likely N-dealkylation sites (tertiary alicyclic amines) is 1. The molecule has 47 heavy (non-hydrogen) atoms. The highest BCUT2D eigenvalue weighted by Gasteiger charge is 2.84. The summed E-state index contributed by atoms with van der Waals surface area (Å²) in [6.45, 7) is 6.65. The van der Waals surface area contributed by atoms with Crippen molar-refractivity contribution in [2.24, 2.45) is 11.1 Å². The SMILES string of the molecule is C/C=C(\C)c1cc(O)ccc1NC(=O)c1ccc(Cl)cc1.CCC(=O)Oc1ccc2c3c1O[C@H]1CC=CC45CN(C)C(C2)C4(N)C31C5. The van der Waals surface area contributed by atoms with E-state index in [2.05, 4.69) is 35.5 Å². The van der Waals surface area contributed by atoms with E-state index in [1.807, 2.05) is 32.9 Å². The first-order chi connectivity index (χ1) is 22.5. The molecule has 4 N–H and O–H groups in total. The molecule has 2 spiro atoms. The van der Waals surface area contributed by atoms with Crippen molar-refractivity contribution in [2.45, 2.75) is 69.6 Å². The van der Waals surface area contributed by atoms with Gasteiger partial charge in [-0.15, -0.1) is 0 Å². The van der Waals surface area contributed by atoms with Crippen LogP contribution in [0.2, 0.25) is 5.02 Å². The number of allylic oxidation sites excluding steroid dienone is 2. The Hall–Kier alpha value is -4.11. The highest BCUT2D eigenvalue weighted by atomic mass is 35.5. The van der Waals surface area contributed by atoms with E-state index < -0.39 is 0 Å². The lowest BCUT2D eigenvalue weighted by Crippen LogP contribution is -2.83. The molecule has 2 bridgehead atoms. The van der Waals surface area contributed by atoms with Crippen molar-refractivity contribution in [3.05, 3.63) is 100 Å². The number of phenolic OH excluding ortho intramolecular Hbond substituents is 1. The van der Waals surface area contributed by atoms with Crippen LogP contribution in [0.4, 0.5) is 5.69 Å². The Balaban J connectivity index is 0.000000154. The molecule has 3 aromatic rings. The molecule has 0 aromatic heterocycles. The molecule has 3 aromatic carbocycles. The second kappa shape index (κ2) is 11.3. The zero-order valence-electron chi connectivity index (χ0n) is 27.1. The van der Waals surface area contributed by atoms with Gasteiger partial charge in [-0.1, -0.05) is 42.8 Å². The molecule has 4 unspecified atom stereocenters. The van der Waals surface area contributed by atoms with Crippen LogP contribution in [-0.4, -0.2) is 53.2 Å². The number of likely N-dealkylation sites (N-methyl/N-ethyl adjacent to an activating group) is 1. The first-order valence-corrected chi connectivity index (χ1v) is 16.6. The van der Waals surface area contributed by atoms with Crippen molar-refractivity contribution in [1.29, 1.82) is 0 Å². The van der Waals surface area contributed by atoms with E-state index in [9.17, 15) is 14.7 Å². The Morgan fingerprint density at radius 3 is 2.68 bits per heavy atom. The molecule has 8 nitrogen and oxygen atoms in total. The number of carbonyl (C=O) groups excluding carboxylic acids is 2. The van der Waals surface area contributed by atoms with E-state index in [4.69, 9.17) is 26.8 Å². The van der Waals surface area contributed by atoms with Gasteiger partial charge in [-0.05, 0) is 93.4 Å². The van der Waals surface area contributed by atoms with Gasteiger partial charge in [-0.25, -0.2) is 0 Å². The van der Waals surface area contributed by atoms with Crippen molar-refractivity contribution in [3.8, 4) is 17.2 Å². The van der Waals surface area contributed by atoms with Gasteiger partial charge in [0.1, 0.15) is 11.9 Å². The van der Waals surface area contributed by atoms with Gasteiger partial charge >= 0.3 is 5.97 Å². The number of hydrogen-bond acceptors (Lipinski definition) is 7. The van der Waals surface area contributed by atoms with Crippen LogP contribution in [0.15, 0.2) is 72.8 Å². The summed E-state index contributed by atoms with van der Waals surface area (Å²) < 4.78 is 12.1. The zero-order chi connectivity index (χ0) is 33.3. The first-order valence-electron chi connectivity index (χ1n) is 16.2. The molecular weight excluding hydrogens is 614 g/mol. The number of esters is 1. The second-order valence-electron chi connectivity index (χ2n) is 13.5. The maximum atomic E-state index is 12.2. The third-order valence-electron chi connectivity index (χ3n) is 11.1. The van der Waals surface area contributed by atoms with Crippen molar-refractivity contribution >= 4 is 34.7 Å². The molecule has 6 aliphatic rings. The predicted octanol–water partition coefficient (Wildman–Crippen LogP) is 6.64. The Labute approximate surface area is 280 Å². The summed E-state index contributed by atoms with van der Waals surface area (Å²) in [5.41, 5.74) is 12.4. The highest BCUT2D eigenvalue weighted by molar-refractivity contribution is 6.30. The number of ether oxygens (including phenoxy) is 2. The molecule has 9 rings (SSSR count). The van der Waals surface area contributed by atoms with E-state index in [1.165, 1.54) is 11.1 Å². The Morgan fingerprint density at radius 2 is 1.96 bits per heavy atom. The summed E-state index contributed by atoms with van der Waals surface area (Å²) in [6.07, 6.45) is 9.79. The maximum absolute atomic E-state index is 12.2. The van der Waals surface area contributed by atoms with Gasteiger partial charge < -0.3 is 30.5 Å². The van der Waals surface area contributed by atoms with E-state index in [-0.39, 0.29) is 40.1 Å². The topological polar surface area (TPSA) is 114 Å². The minimum absolute atomic E-state index is 0.0314. The van der Waals surface area contributed by atoms with E-state index >= 15 is 0 Å². The first kappa shape index (κ1) is 31.5. The van der Waals surface area contributed by atoms with E-state index in [0.717, 1.165) is 42.7 Å². The fourth-order valence-electron chi connectivity index (χ4n) is 8.94. The molecule has 2 aliphatic heterocycles. The molecule has 5 atom stereocenters. The maximum Gasteiger partial charge on any atom is 0.311 e. The summed E-state index contributed by atoms with van der Waals surface area (Å²) in [6, 6.07) is 15.9. The molecule has 1 saturated carbocycles. The monoisotopic (exact) mass is 653 g/mol. The van der Waals surface area contributed by atoms with Crippen LogP contribution < -0.4 is 20.5 Å². The third kappa shape index (κ3) is 4.49. The van der Waals surface area contributed by atoms with E-state index in [0.29, 0.717) is 34.5 Å². The summed E-state index contributed by atoms with van der Waals surface area (Å²) in [7, 11) is 2.20. The number of nitrogens with zero attached hydrogens (tertiary/aromatic N) is 1. The normalized spacial score (nSPS) is 29.0. The van der Waals surface area contributed by atoms with Crippen LogP contribution in [0.5, 0.6) is 17.2 Å². The van der Waals surface area contributed by atoms with Crippen LogP contribution in [0.1, 0.15) is 67.1 Å². The summed E-state index contributed by atoms with van der Waals surface area (Å²) in [4.78, 5) is 26.6. The fraction of sp³-hybridized carbons (Fsp3) is 0.368. The summed E-state index contributed by atoms with van der Waals surface area (Å²) >= 11 is 5.81. The number of nitrogens with one attached hydrogen (secondary N) is 1. The van der Waals surface area contributed by atoms with Crippen molar-refractivity contribution in [1.82, 2.24) is 4.90 Å². The van der Waals surface area contributed by atoms with Gasteiger partial charge in [0.15, 0.2) is 11.5 Å². The number of amides is 1. The molecule has 4 aliphatic carbocycles. The smallest absolute Gasteiger partial charge is 0.311 e. The van der Waals surface area contributed by atoms with Crippen LogP contribution in [0, 0.1) is 5.41 Å². The van der Waals surface area contributed by atoms with Crippen LogP contribution >= 0.6 is 11.6 Å². The zero-order valence-corrected chi connectivity index (χ0v) is 27.9. The number of aromatic hydroxyl groups is 1. The summed E-state index contributed by atoms with van der Waals surface area (Å²) in [5, 5.41) is 13.0. The third-order valence-corrected chi connectivity index (χ3v) is 11.4. The largest absolute Gasteiger partial charge is 0.508 e. The minimum atomic E-state index is -0.307. The standard InChI is InChI=1S/C21H24N2O3.C17H16ClNO2/c1-3-16(24)25-13-7-6-12-9-14-21(22)19(11-23(14)2)8-4-5-15-20(21,10-19)17(12)18(13)26-15;1-3-11(2)15-10-14(20)8-9-16(15)19-17(21)12-4-6-13(18)7-5-12/h4,6-8,14-15H,3,5,9-11,22H2,1-2H3;3-10,20H,1-2H3,(H,19,21)/b;11-3+/t14?,15-,19?,20?,21?;/m0./s1. The van der Waals surface area contributed by atoms with Gasteiger partial charge in [0.05, 0.1) is 11.0 Å². The number of anilines is 1.